The van der Waals surface area contributed by atoms with Gasteiger partial charge in [0.2, 0.25) is 11.8 Å². The van der Waals surface area contributed by atoms with Crippen LogP contribution in [0.15, 0.2) is 186 Å². The largest absolute Gasteiger partial charge is 0.340 e. The van der Waals surface area contributed by atoms with Crippen molar-refractivity contribution in [2.45, 2.75) is 40.7 Å². The van der Waals surface area contributed by atoms with Crippen LogP contribution in [-0.4, -0.2) is 54.1 Å². The first-order valence-corrected chi connectivity index (χ1v) is 23.4. The minimum atomic E-state index is -3.99. The molecular formula is C49H41ClF2N6O6S2. The Hall–Kier alpha value is -7.27. The van der Waals surface area contributed by atoms with E-state index in [2.05, 4.69) is 43.4 Å². The van der Waals surface area contributed by atoms with Gasteiger partial charge in [0.25, 0.3) is 20.9 Å². The van der Waals surface area contributed by atoms with E-state index in [1.165, 1.54) is 48.0 Å². The van der Waals surface area contributed by atoms with Crippen molar-refractivity contribution in [1.82, 2.24) is 20.6 Å². The maximum absolute atomic E-state index is 13.2. The number of amides is 4. The first kappa shape index (κ1) is 48.2. The molecule has 0 fully saturated rings. The second-order valence-corrected chi connectivity index (χ2v) is 17.9. The molecular weight excluding hydrogens is 906 g/mol. The van der Waals surface area contributed by atoms with E-state index in [1.807, 2.05) is 72.8 Å². The van der Waals surface area contributed by atoms with E-state index in [0.717, 1.165) is 46.3 Å². The quantitative estimate of drug-likeness (QED) is 0.0546. The fourth-order valence-corrected chi connectivity index (χ4v) is 7.61. The van der Waals surface area contributed by atoms with Gasteiger partial charge in [-0.15, -0.1) is 11.8 Å². The second-order valence-electron chi connectivity index (χ2n) is 14.4. The number of anilines is 2. The number of hydrogen-bond donors (Lipinski definition) is 4. The van der Waals surface area contributed by atoms with Crippen molar-refractivity contribution in [1.29, 1.82) is 0 Å². The normalized spacial score (nSPS) is 11.7. The van der Waals surface area contributed by atoms with E-state index in [-0.39, 0.29) is 34.2 Å². The number of hydrogen-bond acceptors (Lipinski definition) is 9. The summed E-state index contributed by atoms with van der Waals surface area (Å²) in [5.41, 5.74) is 4.15. The molecule has 0 unspecified atom stereocenters. The third-order valence-electron chi connectivity index (χ3n) is 9.51. The zero-order valence-corrected chi connectivity index (χ0v) is 37.2. The Labute approximate surface area is 388 Å². The fraction of sp³-hybridized carbons (Fsp3) is 0.102. The molecule has 66 heavy (non-hydrogen) atoms. The molecule has 0 saturated carbocycles. The van der Waals surface area contributed by atoms with Crippen LogP contribution in [0.2, 0.25) is 0 Å². The van der Waals surface area contributed by atoms with Crippen molar-refractivity contribution >= 4 is 66.5 Å². The van der Waals surface area contributed by atoms with Crippen LogP contribution in [0.3, 0.4) is 0 Å². The number of pyridine rings is 2. The topological polar surface area (TPSA) is 176 Å². The molecule has 17 heteroatoms. The molecule has 0 saturated heterocycles. The van der Waals surface area contributed by atoms with Crippen molar-refractivity contribution < 1.29 is 36.4 Å². The Morgan fingerprint density at radius 2 is 0.939 bits per heavy atom. The average molecular weight is 947 g/mol. The van der Waals surface area contributed by atoms with Gasteiger partial charge >= 0.3 is 0 Å². The highest BCUT2D eigenvalue weighted by Gasteiger charge is 2.24. The third kappa shape index (κ3) is 15.2. The van der Waals surface area contributed by atoms with Gasteiger partial charge in [-0.25, -0.2) is 27.2 Å². The molecule has 12 nitrogen and oxygen atoms in total. The molecule has 7 rings (SSSR count). The van der Waals surface area contributed by atoms with Crippen LogP contribution in [0, 0.1) is 11.6 Å². The highest BCUT2D eigenvalue weighted by Crippen LogP contribution is 2.22. The fourth-order valence-electron chi connectivity index (χ4n) is 6.13. The summed E-state index contributed by atoms with van der Waals surface area (Å²) in [5, 5.41) is 11.4. The molecule has 4 amide bonds. The van der Waals surface area contributed by atoms with Crippen LogP contribution < -0.4 is 21.3 Å². The molecule has 0 spiro atoms. The lowest BCUT2D eigenvalue weighted by Gasteiger charge is -2.19. The number of thioether (sulfide) groups is 1. The molecule has 2 aromatic heterocycles. The lowest BCUT2D eigenvalue weighted by molar-refractivity contribution is -0.118. The van der Waals surface area contributed by atoms with E-state index >= 15 is 0 Å². The van der Waals surface area contributed by atoms with Gasteiger partial charge in [-0.2, -0.15) is 0 Å². The Kier molecular flexibility index (Phi) is 17.2. The predicted molar refractivity (Wildman–Crippen MR) is 250 cm³/mol. The number of rotatable bonds is 16. The summed E-state index contributed by atoms with van der Waals surface area (Å²) in [6, 6.07) is 43.1. The minimum absolute atomic E-state index is 0.196. The van der Waals surface area contributed by atoms with Gasteiger partial charge in [0.05, 0.1) is 28.8 Å². The Morgan fingerprint density at radius 1 is 0.530 bits per heavy atom. The Balaban J connectivity index is 0.000000220. The van der Waals surface area contributed by atoms with Gasteiger partial charge in [-0.05, 0) is 89.5 Å². The van der Waals surface area contributed by atoms with Gasteiger partial charge in [-0.1, -0.05) is 91.0 Å². The van der Waals surface area contributed by atoms with Crippen LogP contribution in [0.1, 0.15) is 37.4 Å². The summed E-state index contributed by atoms with van der Waals surface area (Å²) in [6.45, 7) is 0. The monoisotopic (exact) mass is 946 g/mol. The molecule has 0 bridgehead atoms. The van der Waals surface area contributed by atoms with E-state index in [1.54, 1.807) is 36.2 Å². The van der Waals surface area contributed by atoms with Crippen LogP contribution in [-0.2, 0) is 37.2 Å². The second kappa shape index (κ2) is 23.6. The molecule has 5 aromatic carbocycles. The van der Waals surface area contributed by atoms with E-state index in [9.17, 15) is 36.4 Å². The molecule has 2 heterocycles. The molecule has 0 aliphatic heterocycles. The number of nitrogens with zero attached hydrogens (tertiary/aromatic N) is 2. The average Bonchev–Trinajstić information content (AvgIpc) is 3.32. The molecule has 336 valence electrons. The van der Waals surface area contributed by atoms with Gasteiger partial charge in [0, 0.05) is 40.4 Å². The van der Waals surface area contributed by atoms with Crippen molar-refractivity contribution in [3.63, 3.8) is 0 Å². The van der Waals surface area contributed by atoms with Crippen molar-refractivity contribution in [2.75, 3.05) is 10.6 Å². The van der Waals surface area contributed by atoms with Crippen LogP contribution >= 0.6 is 22.4 Å². The lowest BCUT2D eigenvalue weighted by Crippen LogP contribution is -2.45. The predicted octanol–water partition coefficient (Wildman–Crippen LogP) is 8.62. The van der Waals surface area contributed by atoms with Crippen molar-refractivity contribution in [3.8, 4) is 0 Å². The summed E-state index contributed by atoms with van der Waals surface area (Å²) < 4.78 is 49.0. The zero-order valence-electron chi connectivity index (χ0n) is 34.8. The van der Waals surface area contributed by atoms with Crippen LogP contribution in [0.25, 0.3) is 0 Å². The zero-order chi connectivity index (χ0) is 46.9. The molecule has 0 radical (unpaired) electrons. The number of benzene rings is 5. The van der Waals surface area contributed by atoms with Crippen LogP contribution in [0.5, 0.6) is 0 Å². The van der Waals surface area contributed by atoms with Crippen LogP contribution in [0.4, 0.5) is 20.2 Å². The maximum atomic E-state index is 13.2. The number of carbonyl (C=O) groups is 4. The number of carbonyl (C=O) groups excluding carboxylic acids is 4. The summed E-state index contributed by atoms with van der Waals surface area (Å²) in [7, 11) is 1.24. The first-order chi connectivity index (χ1) is 31.8. The molecule has 0 aliphatic rings. The summed E-state index contributed by atoms with van der Waals surface area (Å²) >= 11 is 1.61. The highest BCUT2D eigenvalue weighted by molar-refractivity contribution is 8.13. The van der Waals surface area contributed by atoms with Crippen molar-refractivity contribution in [2.24, 2.45) is 0 Å². The van der Waals surface area contributed by atoms with Gasteiger partial charge in [0.1, 0.15) is 23.7 Å². The molecule has 2 atom stereocenters. The molecule has 7 aromatic rings. The van der Waals surface area contributed by atoms with Gasteiger partial charge in [0.15, 0.2) is 5.03 Å². The summed E-state index contributed by atoms with van der Waals surface area (Å²) in [6.07, 6.45) is 3.25. The summed E-state index contributed by atoms with van der Waals surface area (Å²) in [5.74, 6) is -2.01. The Morgan fingerprint density at radius 3 is 1.32 bits per heavy atom. The smallest absolute Gasteiger partial charge is 0.278 e. The lowest BCUT2D eigenvalue weighted by atomic mass is 10.0. The van der Waals surface area contributed by atoms with E-state index in [0.29, 0.717) is 12.1 Å². The number of halogens is 3. The molecule has 4 N–H and O–H groups in total. The first-order valence-electron chi connectivity index (χ1n) is 20.1. The van der Waals surface area contributed by atoms with Gasteiger partial charge in [-0.3, -0.25) is 19.2 Å². The van der Waals surface area contributed by atoms with E-state index < -0.39 is 50.5 Å². The van der Waals surface area contributed by atoms with E-state index in [4.69, 9.17) is 10.7 Å². The number of aromatic nitrogens is 2. The SMILES string of the molecule is O=C(N[C@@H](Cc1ccccc1)C(=O)Nc1ccc(S(=O)(=O)Cl)nc1)c1ccc(F)cc1.O=C(N[C@@H](Cc1ccccc1)C(=O)Nc1ccc(SCc2ccccc2)nc1)c1ccc(F)cc1. The minimum Gasteiger partial charge on any atom is -0.340 e. The number of nitrogens with one attached hydrogen (secondary N) is 4. The third-order valence-corrected chi connectivity index (χ3v) is 11.7. The molecule has 0 aliphatic carbocycles. The standard InChI is InChI=1S/C28H24FN3O2S.C21H17ClFN3O4S/c29-23-13-11-22(12-14-23)27(33)32-25(17-20-7-3-1-4-8-20)28(34)31-24-15-16-26(30-18-24)35-19-21-9-5-2-6-10-21;22-31(29,30)19-11-10-17(13-24-19)25-21(28)18(12-14-4-2-1-3-5-14)26-20(27)15-6-8-16(23)9-7-15/h1-16,18,25H,17,19H2,(H,31,34)(H,32,33);1-11,13,18H,12H2,(H,25,28)(H,26,27)/t25-;18-/m00/s1. The van der Waals surface area contributed by atoms with Crippen molar-refractivity contribution in [3.05, 3.63) is 216 Å². The maximum Gasteiger partial charge on any atom is 0.278 e. The Bertz CT molecular complexity index is 2820. The van der Waals surface area contributed by atoms with Gasteiger partial charge < -0.3 is 21.3 Å². The highest BCUT2D eigenvalue weighted by atomic mass is 35.7. The summed E-state index contributed by atoms with van der Waals surface area (Å²) in [4.78, 5) is 59.4.